The number of ether oxygens (including phenoxy) is 1. The molecule has 186 valence electrons. The lowest BCUT2D eigenvalue weighted by atomic mass is 10.0. The number of rotatable bonds is 10. The molecule has 0 bridgehead atoms. The van der Waals surface area contributed by atoms with Crippen LogP contribution in [0, 0.1) is 11.3 Å². The second-order valence-electron chi connectivity index (χ2n) is 8.99. The van der Waals surface area contributed by atoms with E-state index in [1.807, 2.05) is 6.07 Å². The van der Waals surface area contributed by atoms with Crippen LogP contribution in [0.5, 0.6) is 5.75 Å². The number of alkyl carbamates (subject to hydrolysis) is 1. The molecule has 0 saturated heterocycles. The number of nitriles is 1. The molecule has 4 amide bonds. The van der Waals surface area contributed by atoms with Gasteiger partial charge in [0.2, 0.25) is 17.7 Å². The second-order valence-corrected chi connectivity index (χ2v) is 8.99. The average Bonchev–Trinajstić information content (AvgIpc) is 2.69. The zero-order valence-electron chi connectivity index (χ0n) is 20.1. The third-order valence-corrected chi connectivity index (χ3v) is 4.39. The average molecular weight is 476 g/mol. The summed E-state index contributed by atoms with van der Waals surface area (Å²) in [4.78, 5) is 51.4. The summed E-state index contributed by atoms with van der Waals surface area (Å²) in [6.07, 6.45) is -1.29. The van der Waals surface area contributed by atoms with Crippen LogP contribution in [-0.2, 0) is 19.1 Å². The Balaban J connectivity index is 3.41. The van der Waals surface area contributed by atoms with Crippen molar-refractivity contribution in [2.75, 3.05) is 6.54 Å². The minimum atomic E-state index is -1.29. The fourth-order valence-electron chi connectivity index (χ4n) is 3.06. The molecular formula is C23H33N5O6. The van der Waals surface area contributed by atoms with Crippen LogP contribution in [0.4, 0.5) is 4.79 Å². The Morgan fingerprint density at radius 3 is 2.21 bits per heavy atom. The van der Waals surface area contributed by atoms with Gasteiger partial charge in [-0.2, -0.15) is 5.26 Å². The minimum Gasteiger partial charge on any atom is -0.508 e. The highest BCUT2D eigenvalue weighted by Crippen LogP contribution is 2.25. The van der Waals surface area contributed by atoms with Gasteiger partial charge < -0.3 is 31.1 Å². The number of hydrogen-bond acceptors (Lipinski definition) is 7. The Morgan fingerprint density at radius 2 is 1.74 bits per heavy atom. The number of aromatic hydroxyl groups is 1. The number of hydrogen-bond donors (Lipinski definition) is 4. The highest BCUT2D eigenvalue weighted by Gasteiger charge is 2.36. The third kappa shape index (κ3) is 9.36. The summed E-state index contributed by atoms with van der Waals surface area (Å²) < 4.78 is 5.21. The Labute approximate surface area is 199 Å². The first-order valence-electron chi connectivity index (χ1n) is 10.8. The van der Waals surface area contributed by atoms with Gasteiger partial charge in [0.1, 0.15) is 30.0 Å². The van der Waals surface area contributed by atoms with Crippen LogP contribution >= 0.6 is 0 Å². The van der Waals surface area contributed by atoms with Gasteiger partial charge in [-0.05, 0) is 58.7 Å². The summed E-state index contributed by atoms with van der Waals surface area (Å²) in [5, 5.41) is 24.2. The molecule has 0 radical (unpaired) electrons. The van der Waals surface area contributed by atoms with Crippen LogP contribution < -0.4 is 16.4 Å². The van der Waals surface area contributed by atoms with E-state index in [4.69, 9.17) is 10.5 Å². The van der Waals surface area contributed by atoms with E-state index in [1.165, 1.54) is 24.3 Å². The van der Waals surface area contributed by atoms with E-state index in [2.05, 4.69) is 10.6 Å². The molecule has 0 aliphatic carbocycles. The number of nitrogens with zero attached hydrogens (tertiary/aromatic N) is 2. The van der Waals surface area contributed by atoms with E-state index in [9.17, 15) is 29.5 Å². The normalized spacial score (nSPS) is 12.7. The Hall–Kier alpha value is -3.81. The number of carbonyl (C=O) groups is 4. The second kappa shape index (κ2) is 12.4. The molecule has 0 aliphatic rings. The van der Waals surface area contributed by atoms with Crippen molar-refractivity contribution in [2.24, 2.45) is 5.73 Å². The number of phenolic OH excluding ortho intramolecular Hbond substituents is 1. The molecular weight excluding hydrogens is 442 g/mol. The lowest BCUT2D eigenvalue weighted by molar-refractivity contribution is -0.142. The third-order valence-electron chi connectivity index (χ3n) is 4.39. The lowest BCUT2D eigenvalue weighted by Gasteiger charge is -2.33. The number of phenols is 1. The lowest BCUT2D eigenvalue weighted by Crippen LogP contribution is -2.53. The van der Waals surface area contributed by atoms with Crippen molar-refractivity contribution >= 4 is 23.8 Å². The first-order chi connectivity index (χ1) is 15.7. The number of amides is 4. The summed E-state index contributed by atoms with van der Waals surface area (Å²) in [5.74, 6) is -2.07. The highest BCUT2D eigenvalue weighted by molar-refractivity contribution is 5.92. The minimum absolute atomic E-state index is 0.0455. The van der Waals surface area contributed by atoms with Gasteiger partial charge in [0.05, 0.1) is 6.07 Å². The van der Waals surface area contributed by atoms with Crippen LogP contribution in [0.15, 0.2) is 24.3 Å². The number of nitrogens with two attached hydrogens (primary N) is 1. The van der Waals surface area contributed by atoms with E-state index in [0.717, 1.165) is 4.90 Å². The fourth-order valence-corrected chi connectivity index (χ4v) is 3.06. The van der Waals surface area contributed by atoms with Gasteiger partial charge in [0, 0.05) is 12.5 Å². The molecule has 0 aliphatic heterocycles. The molecule has 11 heteroatoms. The van der Waals surface area contributed by atoms with Crippen LogP contribution in [0.1, 0.15) is 59.1 Å². The summed E-state index contributed by atoms with van der Waals surface area (Å²) >= 11 is 0. The first-order valence-corrected chi connectivity index (χ1v) is 10.8. The van der Waals surface area contributed by atoms with Crippen molar-refractivity contribution in [3.63, 3.8) is 0 Å². The summed E-state index contributed by atoms with van der Waals surface area (Å²) in [7, 11) is 0. The van der Waals surface area contributed by atoms with Crippen LogP contribution in [0.2, 0.25) is 0 Å². The van der Waals surface area contributed by atoms with Gasteiger partial charge in [0.25, 0.3) is 0 Å². The van der Waals surface area contributed by atoms with Crippen molar-refractivity contribution in [1.82, 2.24) is 15.5 Å². The number of carbonyl (C=O) groups excluding carboxylic acids is 4. The van der Waals surface area contributed by atoms with Gasteiger partial charge in [-0.1, -0.05) is 12.1 Å². The van der Waals surface area contributed by atoms with Crippen LogP contribution in [0.25, 0.3) is 0 Å². The van der Waals surface area contributed by atoms with Gasteiger partial charge in [-0.15, -0.1) is 0 Å². The summed E-state index contributed by atoms with van der Waals surface area (Å²) in [6.45, 7) is 7.92. The predicted molar refractivity (Wildman–Crippen MR) is 123 cm³/mol. The molecule has 5 N–H and O–H groups in total. The van der Waals surface area contributed by atoms with Gasteiger partial charge in [-0.25, -0.2) is 4.79 Å². The zero-order chi connectivity index (χ0) is 26.1. The van der Waals surface area contributed by atoms with Crippen molar-refractivity contribution in [3.8, 4) is 11.8 Å². The SMILES string of the molecule is CC(C)NC(=O)C(c1ccc(O)cc1)N(CC#N)C(=O)C(CCC(N)=O)NC(=O)OC(C)(C)C. The van der Waals surface area contributed by atoms with Gasteiger partial charge >= 0.3 is 6.09 Å². The smallest absolute Gasteiger partial charge is 0.408 e. The topological polar surface area (TPSA) is 175 Å². The fraction of sp³-hybridized carbons (Fsp3) is 0.522. The summed E-state index contributed by atoms with van der Waals surface area (Å²) in [6, 6.07) is 4.68. The number of benzene rings is 1. The molecule has 1 aromatic carbocycles. The van der Waals surface area contributed by atoms with Gasteiger partial charge in [0.15, 0.2) is 0 Å². The highest BCUT2D eigenvalue weighted by atomic mass is 16.6. The molecule has 0 aromatic heterocycles. The molecule has 0 saturated carbocycles. The van der Waals surface area contributed by atoms with E-state index >= 15 is 0 Å². The number of primary amides is 1. The van der Waals surface area contributed by atoms with E-state index in [-0.39, 0.29) is 24.6 Å². The quantitative estimate of drug-likeness (QED) is 0.370. The Kier molecular flexibility index (Phi) is 10.3. The maximum Gasteiger partial charge on any atom is 0.408 e. The first kappa shape index (κ1) is 28.2. The largest absolute Gasteiger partial charge is 0.508 e. The Morgan fingerprint density at radius 1 is 1.15 bits per heavy atom. The molecule has 34 heavy (non-hydrogen) atoms. The maximum atomic E-state index is 13.5. The number of nitrogens with one attached hydrogen (secondary N) is 2. The molecule has 11 nitrogen and oxygen atoms in total. The predicted octanol–water partition coefficient (Wildman–Crippen LogP) is 1.47. The Bertz CT molecular complexity index is 917. The van der Waals surface area contributed by atoms with Gasteiger partial charge in [-0.3, -0.25) is 14.4 Å². The van der Waals surface area contributed by atoms with Crippen LogP contribution in [-0.4, -0.2) is 58.1 Å². The maximum absolute atomic E-state index is 13.5. The van der Waals surface area contributed by atoms with Crippen molar-refractivity contribution < 1.29 is 29.0 Å². The van der Waals surface area contributed by atoms with E-state index in [1.54, 1.807) is 34.6 Å². The molecule has 2 atom stereocenters. The van der Waals surface area contributed by atoms with E-state index in [0.29, 0.717) is 5.56 Å². The van der Waals surface area contributed by atoms with E-state index < -0.39 is 48.0 Å². The van der Waals surface area contributed by atoms with Crippen molar-refractivity contribution in [1.29, 1.82) is 5.26 Å². The van der Waals surface area contributed by atoms with Crippen molar-refractivity contribution in [3.05, 3.63) is 29.8 Å². The standard InChI is InChI=1S/C23H33N5O6/c1-14(2)26-20(31)19(15-6-8-16(29)9-7-15)28(13-12-24)21(32)17(10-11-18(25)30)27-22(33)34-23(3,4)5/h6-9,14,17,19,29H,10-11,13H2,1-5H3,(H2,25,30)(H,26,31)(H,27,33). The molecule has 1 rings (SSSR count). The monoisotopic (exact) mass is 475 g/mol. The molecule has 0 fully saturated rings. The molecule has 0 heterocycles. The molecule has 0 spiro atoms. The summed E-state index contributed by atoms with van der Waals surface area (Å²) in [5.41, 5.74) is 4.72. The molecule has 2 unspecified atom stereocenters. The van der Waals surface area contributed by atoms with Crippen molar-refractivity contribution in [2.45, 2.75) is 71.2 Å². The zero-order valence-corrected chi connectivity index (χ0v) is 20.1. The molecule has 1 aromatic rings. The van der Waals surface area contributed by atoms with Crippen LogP contribution in [0.3, 0.4) is 0 Å².